The Balaban J connectivity index is 2.58. The van der Waals surface area contributed by atoms with E-state index < -0.39 is 0 Å². The summed E-state index contributed by atoms with van der Waals surface area (Å²) in [5, 5.41) is 10.2. The molecule has 0 saturated carbocycles. The normalized spacial score (nSPS) is 12.8. The SMILES string of the molecule is CC(CCO)Sc1nccnc1Cl. The lowest BCUT2D eigenvalue weighted by Crippen LogP contribution is -2.00. The molecule has 0 spiro atoms. The van der Waals surface area contributed by atoms with Gasteiger partial charge in [-0.05, 0) is 6.42 Å². The van der Waals surface area contributed by atoms with E-state index in [1.807, 2.05) is 6.92 Å². The summed E-state index contributed by atoms with van der Waals surface area (Å²) in [6, 6.07) is 0. The molecular weight excluding hydrogens is 208 g/mol. The summed E-state index contributed by atoms with van der Waals surface area (Å²) in [5.74, 6) is 0. The smallest absolute Gasteiger partial charge is 0.161 e. The Kier molecular flexibility index (Phi) is 4.48. The molecule has 0 aliphatic carbocycles. The molecule has 1 heterocycles. The van der Waals surface area contributed by atoms with Gasteiger partial charge in [-0.15, -0.1) is 11.8 Å². The molecule has 0 saturated heterocycles. The maximum Gasteiger partial charge on any atom is 0.161 e. The molecule has 0 aliphatic rings. The summed E-state index contributed by atoms with van der Waals surface area (Å²) in [6.07, 6.45) is 3.90. The molecule has 1 unspecified atom stereocenters. The van der Waals surface area contributed by atoms with Crippen LogP contribution < -0.4 is 0 Å². The minimum atomic E-state index is 0.187. The highest BCUT2D eigenvalue weighted by Crippen LogP contribution is 2.27. The van der Waals surface area contributed by atoms with Gasteiger partial charge in [0.15, 0.2) is 5.15 Å². The first-order chi connectivity index (χ1) is 6.24. The van der Waals surface area contributed by atoms with Gasteiger partial charge in [0.25, 0.3) is 0 Å². The number of hydrogen-bond acceptors (Lipinski definition) is 4. The van der Waals surface area contributed by atoms with Crippen LogP contribution in [-0.4, -0.2) is 26.9 Å². The molecule has 1 atom stereocenters. The average molecular weight is 219 g/mol. The van der Waals surface area contributed by atoms with Crippen LogP contribution in [0.4, 0.5) is 0 Å². The minimum absolute atomic E-state index is 0.187. The number of aromatic nitrogens is 2. The fraction of sp³-hybridized carbons (Fsp3) is 0.500. The summed E-state index contributed by atoms with van der Waals surface area (Å²) in [4.78, 5) is 8.00. The third-order valence-corrected chi connectivity index (χ3v) is 3.02. The quantitative estimate of drug-likeness (QED) is 0.786. The number of nitrogens with zero attached hydrogens (tertiary/aromatic N) is 2. The second-order valence-electron chi connectivity index (χ2n) is 2.59. The number of aliphatic hydroxyl groups is 1. The van der Waals surface area contributed by atoms with E-state index in [2.05, 4.69) is 9.97 Å². The zero-order valence-electron chi connectivity index (χ0n) is 7.27. The van der Waals surface area contributed by atoms with E-state index in [1.54, 1.807) is 12.4 Å². The summed E-state index contributed by atoms with van der Waals surface area (Å²) in [5.41, 5.74) is 0. The Morgan fingerprint density at radius 2 is 2.23 bits per heavy atom. The van der Waals surface area contributed by atoms with Gasteiger partial charge >= 0.3 is 0 Å². The van der Waals surface area contributed by atoms with Gasteiger partial charge in [0, 0.05) is 24.3 Å². The molecule has 1 aromatic heterocycles. The van der Waals surface area contributed by atoms with Crippen LogP contribution in [-0.2, 0) is 0 Å². The third-order valence-electron chi connectivity index (χ3n) is 1.47. The van der Waals surface area contributed by atoms with Crippen LogP contribution in [0.25, 0.3) is 0 Å². The van der Waals surface area contributed by atoms with Crippen molar-refractivity contribution in [1.82, 2.24) is 9.97 Å². The van der Waals surface area contributed by atoms with Crippen LogP contribution in [0.2, 0.25) is 5.15 Å². The third kappa shape index (κ3) is 3.50. The largest absolute Gasteiger partial charge is 0.396 e. The fourth-order valence-electron chi connectivity index (χ4n) is 0.819. The van der Waals surface area contributed by atoms with Gasteiger partial charge in [-0.25, -0.2) is 9.97 Å². The summed E-state index contributed by atoms with van der Waals surface area (Å²) >= 11 is 7.34. The molecule has 1 N–H and O–H groups in total. The second kappa shape index (κ2) is 5.42. The first kappa shape index (κ1) is 10.8. The van der Waals surface area contributed by atoms with E-state index in [1.165, 1.54) is 11.8 Å². The van der Waals surface area contributed by atoms with Crippen molar-refractivity contribution in [1.29, 1.82) is 0 Å². The van der Waals surface area contributed by atoms with Gasteiger partial charge < -0.3 is 5.11 Å². The fourth-order valence-corrected chi connectivity index (χ4v) is 1.93. The number of aliphatic hydroxyl groups excluding tert-OH is 1. The highest BCUT2D eigenvalue weighted by atomic mass is 35.5. The van der Waals surface area contributed by atoms with Crippen LogP contribution >= 0.6 is 23.4 Å². The maximum atomic E-state index is 8.70. The first-order valence-corrected chi connectivity index (χ1v) is 5.24. The van der Waals surface area contributed by atoms with Crippen molar-refractivity contribution in [2.75, 3.05) is 6.61 Å². The van der Waals surface area contributed by atoms with Gasteiger partial charge in [0.2, 0.25) is 0 Å². The lowest BCUT2D eigenvalue weighted by Gasteiger charge is -2.08. The molecular formula is C8H11ClN2OS. The zero-order valence-corrected chi connectivity index (χ0v) is 8.85. The summed E-state index contributed by atoms with van der Waals surface area (Å²) in [6.45, 7) is 2.21. The summed E-state index contributed by atoms with van der Waals surface area (Å²) in [7, 11) is 0. The lowest BCUT2D eigenvalue weighted by atomic mass is 10.3. The van der Waals surface area contributed by atoms with E-state index in [-0.39, 0.29) is 6.61 Å². The Morgan fingerprint density at radius 1 is 1.54 bits per heavy atom. The molecule has 0 amide bonds. The molecule has 1 aromatic rings. The molecule has 0 bridgehead atoms. The van der Waals surface area contributed by atoms with Crippen molar-refractivity contribution >= 4 is 23.4 Å². The Hall–Kier alpha value is -0.320. The van der Waals surface area contributed by atoms with Crippen LogP contribution in [0, 0.1) is 0 Å². The van der Waals surface area contributed by atoms with Crippen molar-refractivity contribution in [2.45, 2.75) is 23.6 Å². The second-order valence-corrected chi connectivity index (χ2v) is 4.38. The monoisotopic (exact) mass is 218 g/mol. The topological polar surface area (TPSA) is 46.0 Å². The summed E-state index contributed by atoms with van der Waals surface area (Å²) < 4.78 is 0. The van der Waals surface area contributed by atoms with Crippen LogP contribution in [0.3, 0.4) is 0 Å². The predicted molar refractivity (Wildman–Crippen MR) is 54.1 cm³/mol. The zero-order chi connectivity index (χ0) is 9.68. The van der Waals surface area contributed by atoms with Crippen molar-refractivity contribution in [3.8, 4) is 0 Å². The molecule has 0 fully saturated rings. The molecule has 1 rings (SSSR count). The first-order valence-electron chi connectivity index (χ1n) is 3.98. The van der Waals surface area contributed by atoms with E-state index in [4.69, 9.17) is 16.7 Å². The van der Waals surface area contributed by atoms with Crippen LogP contribution in [0.15, 0.2) is 17.4 Å². The Morgan fingerprint density at radius 3 is 2.85 bits per heavy atom. The molecule has 72 valence electrons. The van der Waals surface area contributed by atoms with Gasteiger partial charge in [-0.2, -0.15) is 0 Å². The van der Waals surface area contributed by atoms with Gasteiger partial charge in [0.05, 0.1) is 0 Å². The highest BCUT2D eigenvalue weighted by Gasteiger charge is 2.08. The number of hydrogen-bond donors (Lipinski definition) is 1. The number of halogens is 1. The standard InChI is InChI=1S/C8H11ClN2OS/c1-6(2-5-12)13-8-7(9)10-3-4-11-8/h3-4,6,12H,2,5H2,1H3. The van der Waals surface area contributed by atoms with Crippen LogP contribution in [0.1, 0.15) is 13.3 Å². The molecule has 0 aromatic carbocycles. The predicted octanol–water partition coefficient (Wildman–Crippen LogP) is 1.99. The van der Waals surface area contributed by atoms with Crippen molar-refractivity contribution < 1.29 is 5.11 Å². The molecule has 13 heavy (non-hydrogen) atoms. The van der Waals surface area contributed by atoms with E-state index in [0.29, 0.717) is 10.4 Å². The van der Waals surface area contributed by atoms with Crippen molar-refractivity contribution in [3.63, 3.8) is 0 Å². The van der Waals surface area contributed by atoms with Gasteiger partial charge in [-0.3, -0.25) is 0 Å². The van der Waals surface area contributed by atoms with Crippen molar-refractivity contribution in [3.05, 3.63) is 17.5 Å². The lowest BCUT2D eigenvalue weighted by molar-refractivity contribution is 0.289. The molecule has 3 nitrogen and oxygen atoms in total. The van der Waals surface area contributed by atoms with Gasteiger partial charge in [0.1, 0.15) is 5.03 Å². The Bertz CT molecular complexity index is 272. The molecule has 5 heteroatoms. The minimum Gasteiger partial charge on any atom is -0.396 e. The van der Waals surface area contributed by atoms with Crippen molar-refractivity contribution in [2.24, 2.45) is 0 Å². The highest BCUT2D eigenvalue weighted by molar-refractivity contribution is 7.99. The van der Waals surface area contributed by atoms with E-state index in [9.17, 15) is 0 Å². The molecule has 0 aliphatic heterocycles. The average Bonchev–Trinajstić information content (AvgIpc) is 2.09. The van der Waals surface area contributed by atoms with Gasteiger partial charge in [-0.1, -0.05) is 18.5 Å². The number of rotatable bonds is 4. The Labute approximate surface area is 86.6 Å². The number of thioether (sulfide) groups is 1. The maximum absolute atomic E-state index is 8.70. The van der Waals surface area contributed by atoms with Crippen LogP contribution in [0.5, 0.6) is 0 Å². The van der Waals surface area contributed by atoms with E-state index >= 15 is 0 Å². The molecule has 0 radical (unpaired) electrons. The van der Waals surface area contributed by atoms with E-state index in [0.717, 1.165) is 11.4 Å².